The molecule has 2 rings (SSSR count). The molecule has 0 atom stereocenters. The van der Waals surface area contributed by atoms with E-state index in [9.17, 15) is 0 Å². The van der Waals surface area contributed by atoms with Gasteiger partial charge < -0.3 is 15.4 Å². The standard InChI is InChI=1S/C11H18N4O/c1-2-16-11-7-10(8-13-14-11)15-5-3-9(12)4-6-15/h7-9H,2-6,12H2,1H3. The Kier molecular flexibility index (Phi) is 3.56. The Hall–Kier alpha value is -1.36. The largest absolute Gasteiger partial charge is 0.477 e. The van der Waals surface area contributed by atoms with Gasteiger partial charge in [-0.25, -0.2) is 0 Å². The van der Waals surface area contributed by atoms with Gasteiger partial charge in [0.05, 0.1) is 18.5 Å². The Morgan fingerprint density at radius 1 is 1.50 bits per heavy atom. The summed E-state index contributed by atoms with van der Waals surface area (Å²) < 4.78 is 5.33. The molecule has 0 radical (unpaired) electrons. The van der Waals surface area contributed by atoms with E-state index in [1.807, 2.05) is 13.0 Å². The molecular formula is C11H18N4O. The molecule has 1 aromatic rings. The van der Waals surface area contributed by atoms with Crippen molar-refractivity contribution >= 4 is 5.69 Å². The fourth-order valence-electron chi connectivity index (χ4n) is 1.89. The van der Waals surface area contributed by atoms with Crippen molar-refractivity contribution in [3.63, 3.8) is 0 Å². The smallest absolute Gasteiger partial charge is 0.235 e. The minimum atomic E-state index is 0.345. The molecule has 2 heterocycles. The molecule has 1 fully saturated rings. The molecule has 0 unspecified atom stereocenters. The minimum absolute atomic E-state index is 0.345. The van der Waals surface area contributed by atoms with Crippen molar-refractivity contribution < 1.29 is 4.74 Å². The molecule has 1 aromatic heterocycles. The second kappa shape index (κ2) is 5.12. The number of anilines is 1. The average molecular weight is 222 g/mol. The summed E-state index contributed by atoms with van der Waals surface area (Å²) in [5.41, 5.74) is 6.95. The normalized spacial score (nSPS) is 17.5. The van der Waals surface area contributed by atoms with E-state index in [-0.39, 0.29) is 0 Å². The molecule has 0 spiro atoms. The average Bonchev–Trinajstić information content (AvgIpc) is 2.31. The van der Waals surface area contributed by atoms with Gasteiger partial charge in [-0.05, 0) is 19.8 Å². The van der Waals surface area contributed by atoms with Gasteiger partial charge in [-0.2, -0.15) is 5.10 Å². The lowest BCUT2D eigenvalue weighted by molar-refractivity contribution is 0.322. The van der Waals surface area contributed by atoms with E-state index in [0.717, 1.165) is 31.6 Å². The molecular weight excluding hydrogens is 204 g/mol. The quantitative estimate of drug-likeness (QED) is 0.819. The molecule has 0 bridgehead atoms. The van der Waals surface area contributed by atoms with Gasteiger partial charge in [-0.1, -0.05) is 0 Å². The highest BCUT2D eigenvalue weighted by Gasteiger charge is 2.17. The zero-order chi connectivity index (χ0) is 11.4. The van der Waals surface area contributed by atoms with Crippen molar-refractivity contribution in [3.8, 4) is 5.88 Å². The second-order valence-corrected chi connectivity index (χ2v) is 4.01. The Balaban J connectivity index is 2.05. The predicted molar refractivity (Wildman–Crippen MR) is 62.6 cm³/mol. The van der Waals surface area contributed by atoms with Crippen LogP contribution < -0.4 is 15.4 Å². The number of rotatable bonds is 3. The molecule has 0 aliphatic carbocycles. The summed E-state index contributed by atoms with van der Waals surface area (Å²) in [7, 11) is 0. The van der Waals surface area contributed by atoms with Crippen LogP contribution in [0, 0.1) is 0 Å². The number of ether oxygens (including phenoxy) is 1. The van der Waals surface area contributed by atoms with Gasteiger partial charge >= 0.3 is 0 Å². The fraction of sp³-hybridized carbons (Fsp3) is 0.636. The maximum absolute atomic E-state index is 5.87. The third-order valence-corrected chi connectivity index (χ3v) is 2.81. The summed E-state index contributed by atoms with van der Waals surface area (Å²) in [6.07, 6.45) is 3.85. The third-order valence-electron chi connectivity index (χ3n) is 2.81. The molecule has 88 valence electrons. The molecule has 5 heteroatoms. The Morgan fingerprint density at radius 3 is 2.94 bits per heavy atom. The van der Waals surface area contributed by atoms with E-state index in [0.29, 0.717) is 18.5 Å². The maximum Gasteiger partial charge on any atom is 0.235 e. The molecule has 0 aromatic carbocycles. The van der Waals surface area contributed by atoms with Crippen LogP contribution in [-0.4, -0.2) is 35.9 Å². The number of hydrogen-bond acceptors (Lipinski definition) is 5. The van der Waals surface area contributed by atoms with Crippen LogP contribution in [0.3, 0.4) is 0 Å². The van der Waals surface area contributed by atoms with Crippen LogP contribution in [0.1, 0.15) is 19.8 Å². The van der Waals surface area contributed by atoms with Crippen LogP contribution in [0.4, 0.5) is 5.69 Å². The van der Waals surface area contributed by atoms with Crippen LogP contribution in [0.2, 0.25) is 0 Å². The zero-order valence-electron chi connectivity index (χ0n) is 9.59. The third kappa shape index (κ3) is 2.61. The molecule has 1 saturated heterocycles. The SMILES string of the molecule is CCOc1cc(N2CCC(N)CC2)cnn1. The maximum atomic E-state index is 5.87. The van der Waals surface area contributed by atoms with Gasteiger partial charge in [-0.3, -0.25) is 0 Å². The van der Waals surface area contributed by atoms with Gasteiger partial charge in [0.25, 0.3) is 0 Å². The van der Waals surface area contributed by atoms with Crippen LogP contribution in [0.5, 0.6) is 5.88 Å². The van der Waals surface area contributed by atoms with Crippen molar-refractivity contribution in [2.45, 2.75) is 25.8 Å². The molecule has 1 aliphatic rings. The molecule has 16 heavy (non-hydrogen) atoms. The highest BCUT2D eigenvalue weighted by molar-refractivity contribution is 5.46. The predicted octanol–water partition coefficient (Wildman–Crippen LogP) is 0.803. The highest BCUT2D eigenvalue weighted by atomic mass is 16.5. The van der Waals surface area contributed by atoms with Gasteiger partial charge in [-0.15, -0.1) is 5.10 Å². The number of piperidine rings is 1. The summed E-state index contributed by atoms with van der Waals surface area (Å²) in [5.74, 6) is 0.592. The lowest BCUT2D eigenvalue weighted by Gasteiger charge is -2.31. The van der Waals surface area contributed by atoms with E-state index in [4.69, 9.17) is 10.5 Å². The van der Waals surface area contributed by atoms with Crippen molar-refractivity contribution in [3.05, 3.63) is 12.3 Å². The number of hydrogen-bond donors (Lipinski definition) is 1. The van der Waals surface area contributed by atoms with Crippen LogP contribution in [-0.2, 0) is 0 Å². The van der Waals surface area contributed by atoms with E-state index in [2.05, 4.69) is 15.1 Å². The molecule has 0 amide bonds. The van der Waals surface area contributed by atoms with Crippen molar-refractivity contribution in [1.82, 2.24) is 10.2 Å². The van der Waals surface area contributed by atoms with E-state index < -0.39 is 0 Å². The summed E-state index contributed by atoms with van der Waals surface area (Å²) in [6, 6.07) is 2.28. The first-order valence-electron chi connectivity index (χ1n) is 5.75. The Morgan fingerprint density at radius 2 is 2.25 bits per heavy atom. The zero-order valence-corrected chi connectivity index (χ0v) is 9.59. The summed E-state index contributed by atoms with van der Waals surface area (Å²) >= 11 is 0. The minimum Gasteiger partial charge on any atom is -0.477 e. The monoisotopic (exact) mass is 222 g/mol. The van der Waals surface area contributed by atoms with Gasteiger partial charge in [0.15, 0.2) is 0 Å². The second-order valence-electron chi connectivity index (χ2n) is 4.01. The van der Waals surface area contributed by atoms with Gasteiger partial charge in [0.1, 0.15) is 0 Å². The lowest BCUT2D eigenvalue weighted by Crippen LogP contribution is -2.39. The molecule has 1 aliphatic heterocycles. The fourth-order valence-corrected chi connectivity index (χ4v) is 1.89. The first kappa shape index (κ1) is 11.1. The van der Waals surface area contributed by atoms with Crippen LogP contribution in [0.15, 0.2) is 12.3 Å². The first-order chi connectivity index (χ1) is 7.79. The number of nitrogens with zero attached hydrogens (tertiary/aromatic N) is 3. The Bertz CT molecular complexity index is 337. The van der Waals surface area contributed by atoms with Crippen molar-refractivity contribution in [2.24, 2.45) is 5.73 Å². The van der Waals surface area contributed by atoms with Crippen molar-refractivity contribution in [1.29, 1.82) is 0 Å². The molecule has 2 N–H and O–H groups in total. The summed E-state index contributed by atoms with van der Waals surface area (Å²) in [5, 5.41) is 7.86. The number of nitrogens with two attached hydrogens (primary N) is 1. The van der Waals surface area contributed by atoms with E-state index in [1.165, 1.54) is 0 Å². The van der Waals surface area contributed by atoms with Crippen LogP contribution >= 0.6 is 0 Å². The Labute approximate surface area is 95.6 Å². The lowest BCUT2D eigenvalue weighted by atomic mass is 10.1. The van der Waals surface area contributed by atoms with E-state index in [1.54, 1.807) is 6.20 Å². The van der Waals surface area contributed by atoms with Crippen LogP contribution in [0.25, 0.3) is 0 Å². The highest BCUT2D eigenvalue weighted by Crippen LogP contribution is 2.21. The summed E-state index contributed by atoms with van der Waals surface area (Å²) in [4.78, 5) is 2.28. The number of aromatic nitrogens is 2. The first-order valence-corrected chi connectivity index (χ1v) is 5.75. The van der Waals surface area contributed by atoms with Crippen molar-refractivity contribution in [2.75, 3.05) is 24.6 Å². The van der Waals surface area contributed by atoms with E-state index >= 15 is 0 Å². The van der Waals surface area contributed by atoms with Gasteiger partial charge in [0, 0.05) is 25.2 Å². The topological polar surface area (TPSA) is 64.3 Å². The molecule has 5 nitrogen and oxygen atoms in total. The van der Waals surface area contributed by atoms with Gasteiger partial charge in [0.2, 0.25) is 5.88 Å². The summed E-state index contributed by atoms with van der Waals surface area (Å²) in [6.45, 7) is 4.52. The molecule has 0 saturated carbocycles.